The molecule has 1 fully saturated rings. The van der Waals surface area contributed by atoms with Crippen molar-refractivity contribution in [2.45, 2.75) is 39.5 Å². The maximum absolute atomic E-state index is 12.2. The standard InChI is InChI=1S/C16H24N2O.ClH/c1-11(2)14-6-4-5-12(3)16(14)18-15(19)9-13-7-8-17-10-13;/h4-6,11,13,17H,7-10H2,1-3H3,(H,18,19);1H. The largest absolute Gasteiger partial charge is 0.326 e. The van der Waals surface area contributed by atoms with Gasteiger partial charge in [0.25, 0.3) is 0 Å². The van der Waals surface area contributed by atoms with Crippen molar-refractivity contribution in [3.8, 4) is 0 Å². The Morgan fingerprint density at radius 3 is 2.80 bits per heavy atom. The van der Waals surface area contributed by atoms with Gasteiger partial charge in [0, 0.05) is 12.1 Å². The molecule has 1 amide bonds. The van der Waals surface area contributed by atoms with Crippen molar-refractivity contribution >= 4 is 24.0 Å². The summed E-state index contributed by atoms with van der Waals surface area (Å²) in [6.45, 7) is 8.38. The smallest absolute Gasteiger partial charge is 0.224 e. The number of anilines is 1. The van der Waals surface area contributed by atoms with Crippen LogP contribution in [0.5, 0.6) is 0 Å². The summed E-state index contributed by atoms with van der Waals surface area (Å²) < 4.78 is 0. The molecule has 1 aliphatic rings. The molecule has 1 saturated heterocycles. The van der Waals surface area contributed by atoms with Gasteiger partial charge in [0.15, 0.2) is 0 Å². The van der Waals surface area contributed by atoms with Gasteiger partial charge in [-0.25, -0.2) is 0 Å². The Balaban J connectivity index is 0.00000200. The Hall–Kier alpha value is -1.06. The Bertz CT molecular complexity index is 454. The highest BCUT2D eigenvalue weighted by Crippen LogP contribution is 2.27. The zero-order chi connectivity index (χ0) is 13.8. The van der Waals surface area contributed by atoms with Gasteiger partial charge in [-0.2, -0.15) is 0 Å². The van der Waals surface area contributed by atoms with E-state index in [9.17, 15) is 4.79 Å². The third kappa shape index (κ3) is 4.22. The van der Waals surface area contributed by atoms with Crippen LogP contribution >= 0.6 is 12.4 Å². The summed E-state index contributed by atoms with van der Waals surface area (Å²) in [7, 11) is 0. The van der Waals surface area contributed by atoms with E-state index >= 15 is 0 Å². The molecule has 0 spiro atoms. The van der Waals surface area contributed by atoms with Crippen molar-refractivity contribution < 1.29 is 4.79 Å². The molecule has 20 heavy (non-hydrogen) atoms. The molecule has 4 heteroatoms. The number of carbonyl (C=O) groups excluding carboxylic acids is 1. The topological polar surface area (TPSA) is 41.1 Å². The van der Waals surface area contributed by atoms with Crippen LogP contribution in [0.2, 0.25) is 0 Å². The van der Waals surface area contributed by atoms with E-state index in [1.54, 1.807) is 0 Å². The zero-order valence-electron chi connectivity index (χ0n) is 12.5. The van der Waals surface area contributed by atoms with E-state index in [0.717, 1.165) is 30.8 Å². The summed E-state index contributed by atoms with van der Waals surface area (Å²) in [6, 6.07) is 6.21. The molecule has 1 aliphatic heterocycles. The van der Waals surface area contributed by atoms with Crippen LogP contribution in [-0.4, -0.2) is 19.0 Å². The Morgan fingerprint density at radius 1 is 1.45 bits per heavy atom. The number of halogens is 1. The molecule has 0 bridgehead atoms. The van der Waals surface area contributed by atoms with Crippen molar-refractivity contribution in [2.24, 2.45) is 5.92 Å². The molecule has 3 nitrogen and oxygen atoms in total. The fourth-order valence-corrected chi connectivity index (χ4v) is 2.68. The summed E-state index contributed by atoms with van der Waals surface area (Å²) in [5.74, 6) is 1.06. The number of para-hydroxylation sites is 1. The second kappa shape index (κ2) is 7.65. The summed E-state index contributed by atoms with van der Waals surface area (Å²) in [5.41, 5.74) is 3.37. The average Bonchev–Trinajstić information content (AvgIpc) is 2.84. The molecule has 1 heterocycles. The lowest BCUT2D eigenvalue weighted by molar-refractivity contribution is -0.117. The third-order valence-electron chi connectivity index (χ3n) is 3.83. The highest BCUT2D eigenvalue weighted by atomic mass is 35.5. The van der Waals surface area contributed by atoms with Gasteiger partial charge >= 0.3 is 0 Å². The first-order valence-corrected chi connectivity index (χ1v) is 7.18. The van der Waals surface area contributed by atoms with Crippen LogP contribution in [0.4, 0.5) is 5.69 Å². The number of amides is 1. The molecule has 0 radical (unpaired) electrons. The van der Waals surface area contributed by atoms with Crippen molar-refractivity contribution in [1.29, 1.82) is 0 Å². The van der Waals surface area contributed by atoms with Crippen molar-refractivity contribution in [3.05, 3.63) is 29.3 Å². The van der Waals surface area contributed by atoms with Gasteiger partial charge < -0.3 is 10.6 Å². The van der Waals surface area contributed by atoms with Crippen LogP contribution in [0.25, 0.3) is 0 Å². The van der Waals surface area contributed by atoms with Crippen LogP contribution in [0.1, 0.15) is 43.7 Å². The first-order valence-electron chi connectivity index (χ1n) is 7.18. The molecule has 1 atom stereocenters. The summed E-state index contributed by atoms with van der Waals surface area (Å²) >= 11 is 0. The number of benzene rings is 1. The fraction of sp³-hybridized carbons (Fsp3) is 0.562. The molecule has 1 aromatic rings. The zero-order valence-corrected chi connectivity index (χ0v) is 13.3. The number of rotatable bonds is 4. The SMILES string of the molecule is Cc1cccc(C(C)C)c1NC(=O)CC1CCNC1.Cl. The predicted octanol–water partition coefficient (Wildman–Crippen LogP) is 3.48. The Kier molecular flexibility index (Phi) is 6.50. The molecule has 0 saturated carbocycles. The van der Waals surface area contributed by atoms with Crippen molar-refractivity contribution in [3.63, 3.8) is 0 Å². The quantitative estimate of drug-likeness (QED) is 0.893. The highest BCUT2D eigenvalue weighted by molar-refractivity contribution is 5.92. The van der Waals surface area contributed by atoms with E-state index in [-0.39, 0.29) is 18.3 Å². The predicted molar refractivity (Wildman–Crippen MR) is 86.7 cm³/mol. The number of hydrogen-bond acceptors (Lipinski definition) is 2. The fourth-order valence-electron chi connectivity index (χ4n) is 2.68. The molecule has 2 rings (SSSR count). The van der Waals surface area contributed by atoms with E-state index in [2.05, 4.69) is 49.6 Å². The van der Waals surface area contributed by atoms with Gasteiger partial charge in [0.05, 0.1) is 0 Å². The van der Waals surface area contributed by atoms with Gasteiger partial charge in [-0.05, 0) is 49.4 Å². The lowest BCUT2D eigenvalue weighted by atomic mass is 9.97. The summed E-state index contributed by atoms with van der Waals surface area (Å²) in [6.07, 6.45) is 1.73. The minimum atomic E-state index is 0. The van der Waals surface area contributed by atoms with Gasteiger partial charge in [-0.1, -0.05) is 32.0 Å². The number of aryl methyl sites for hydroxylation is 1. The second-order valence-electron chi connectivity index (χ2n) is 5.80. The number of carbonyl (C=O) groups is 1. The summed E-state index contributed by atoms with van der Waals surface area (Å²) in [4.78, 5) is 12.2. The highest BCUT2D eigenvalue weighted by Gasteiger charge is 2.19. The third-order valence-corrected chi connectivity index (χ3v) is 3.83. The second-order valence-corrected chi connectivity index (χ2v) is 5.80. The lowest BCUT2D eigenvalue weighted by Gasteiger charge is -2.17. The van der Waals surface area contributed by atoms with Gasteiger partial charge in [-0.3, -0.25) is 4.79 Å². The maximum Gasteiger partial charge on any atom is 0.224 e. The minimum absolute atomic E-state index is 0. The van der Waals surface area contributed by atoms with Gasteiger partial charge in [-0.15, -0.1) is 12.4 Å². The number of hydrogen-bond donors (Lipinski definition) is 2. The lowest BCUT2D eigenvalue weighted by Crippen LogP contribution is -2.19. The minimum Gasteiger partial charge on any atom is -0.326 e. The maximum atomic E-state index is 12.2. The molecule has 0 aliphatic carbocycles. The van der Waals surface area contributed by atoms with E-state index in [1.165, 1.54) is 5.56 Å². The van der Waals surface area contributed by atoms with Crippen molar-refractivity contribution in [2.75, 3.05) is 18.4 Å². The normalized spacial score (nSPS) is 17.9. The van der Waals surface area contributed by atoms with Crippen LogP contribution in [0.15, 0.2) is 18.2 Å². The Labute approximate surface area is 127 Å². The monoisotopic (exact) mass is 296 g/mol. The molecule has 1 aromatic carbocycles. The van der Waals surface area contributed by atoms with E-state index < -0.39 is 0 Å². The molecule has 1 unspecified atom stereocenters. The van der Waals surface area contributed by atoms with E-state index in [4.69, 9.17) is 0 Å². The molecule has 2 N–H and O–H groups in total. The van der Waals surface area contributed by atoms with E-state index in [1.807, 2.05) is 0 Å². The molecular formula is C16H25ClN2O. The van der Waals surface area contributed by atoms with E-state index in [0.29, 0.717) is 18.3 Å². The number of nitrogens with one attached hydrogen (secondary N) is 2. The molecular weight excluding hydrogens is 272 g/mol. The molecule has 112 valence electrons. The molecule has 0 aromatic heterocycles. The van der Waals surface area contributed by atoms with Gasteiger partial charge in [0.2, 0.25) is 5.91 Å². The van der Waals surface area contributed by atoms with Crippen LogP contribution in [0.3, 0.4) is 0 Å². The van der Waals surface area contributed by atoms with Crippen molar-refractivity contribution in [1.82, 2.24) is 5.32 Å². The van der Waals surface area contributed by atoms with Crippen LogP contribution < -0.4 is 10.6 Å². The average molecular weight is 297 g/mol. The van der Waals surface area contributed by atoms with Crippen LogP contribution in [-0.2, 0) is 4.79 Å². The van der Waals surface area contributed by atoms with Gasteiger partial charge in [0.1, 0.15) is 0 Å². The van der Waals surface area contributed by atoms with Crippen LogP contribution in [0, 0.1) is 12.8 Å². The Morgan fingerprint density at radius 2 is 2.20 bits per heavy atom. The first kappa shape index (κ1) is 17.0. The summed E-state index contributed by atoms with van der Waals surface area (Å²) in [5, 5.41) is 6.42. The first-order chi connectivity index (χ1) is 9.08.